The fourth-order valence-corrected chi connectivity index (χ4v) is 4.19. The molecule has 0 spiro atoms. The van der Waals surface area contributed by atoms with Gasteiger partial charge < -0.3 is 4.74 Å². The van der Waals surface area contributed by atoms with Crippen LogP contribution in [0.25, 0.3) is 0 Å². The molecule has 6 heteroatoms. The Labute approximate surface area is 167 Å². The van der Waals surface area contributed by atoms with Gasteiger partial charge in [0.05, 0.1) is 16.8 Å². The normalized spacial score (nSPS) is 20.5. The van der Waals surface area contributed by atoms with Crippen LogP contribution >= 0.6 is 23.2 Å². The number of aromatic nitrogens is 1. The van der Waals surface area contributed by atoms with Gasteiger partial charge in [-0.25, -0.2) is 5.01 Å². The maximum Gasteiger partial charge on any atom is 0.213 e. The summed E-state index contributed by atoms with van der Waals surface area (Å²) in [6.45, 7) is 0. The highest BCUT2D eigenvalue weighted by atomic mass is 35.5. The molecule has 0 N–H and O–H groups in total. The molecule has 0 bridgehead atoms. The Hall–Kier alpha value is -2.56. The average molecular weight is 396 g/mol. The number of hydrogen-bond acceptors (Lipinski definition) is 4. The van der Waals surface area contributed by atoms with Crippen LogP contribution in [0.5, 0.6) is 5.75 Å². The number of halogens is 2. The summed E-state index contributed by atoms with van der Waals surface area (Å²) < 4.78 is 6.30. The van der Waals surface area contributed by atoms with Crippen molar-refractivity contribution in [1.82, 2.24) is 9.99 Å². The number of para-hydroxylation sites is 1. The molecule has 1 aromatic heterocycles. The van der Waals surface area contributed by atoms with Gasteiger partial charge in [0.15, 0.2) is 0 Å². The van der Waals surface area contributed by atoms with E-state index >= 15 is 0 Å². The van der Waals surface area contributed by atoms with Gasteiger partial charge in [-0.05, 0) is 30.3 Å². The summed E-state index contributed by atoms with van der Waals surface area (Å²) in [7, 11) is 0. The number of fused-ring (bicyclic) bond motifs is 3. The summed E-state index contributed by atoms with van der Waals surface area (Å²) >= 11 is 12.5. The fraction of sp³-hybridized carbons (Fsp3) is 0.143. The summed E-state index contributed by atoms with van der Waals surface area (Å²) in [4.78, 5) is 4.11. The zero-order chi connectivity index (χ0) is 18.4. The molecule has 4 nitrogen and oxygen atoms in total. The smallest absolute Gasteiger partial charge is 0.213 e. The summed E-state index contributed by atoms with van der Waals surface area (Å²) in [6.07, 6.45) is 3.98. The highest BCUT2D eigenvalue weighted by Gasteiger charge is 2.41. The minimum absolute atomic E-state index is 0.0925. The van der Waals surface area contributed by atoms with Crippen LogP contribution in [0.15, 0.2) is 72.1 Å². The summed E-state index contributed by atoms with van der Waals surface area (Å²) in [5, 5.41) is 8.15. The molecule has 2 aliphatic rings. The summed E-state index contributed by atoms with van der Waals surface area (Å²) in [6, 6.07) is 17.6. The summed E-state index contributed by atoms with van der Waals surface area (Å²) in [5.41, 5.74) is 3.98. The molecule has 0 saturated heterocycles. The zero-order valence-electron chi connectivity index (χ0n) is 14.2. The van der Waals surface area contributed by atoms with Gasteiger partial charge in [0.25, 0.3) is 0 Å². The molecule has 3 aromatic rings. The van der Waals surface area contributed by atoms with Crippen LogP contribution in [-0.2, 0) is 0 Å². The Balaban J connectivity index is 1.61. The highest BCUT2D eigenvalue weighted by Crippen LogP contribution is 2.47. The molecule has 0 aliphatic carbocycles. The monoisotopic (exact) mass is 395 g/mol. The van der Waals surface area contributed by atoms with Gasteiger partial charge in [0, 0.05) is 40.5 Å². The first-order chi connectivity index (χ1) is 13.2. The molecule has 134 valence electrons. The third-order valence-electron chi connectivity index (χ3n) is 4.93. The van der Waals surface area contributed by atoms with Gasteiger partial charge in [-0.3, -0.25) is 4.98 Å². The van der Waals surface area contributed by atoms with E-state index in [-0.39, 0.29) is 12.3 Å². The first-order valence-corrected chi connectivity index (χ1v) is 9.43. The van der Waals surface area contributed by atoms with Gasteiger partial charge in [-0.15, -0.1) is 0 Å². The van der Waals surface area contributed by atoms with Crippen LogP contribution < -0.4 is 4.74 Å². The molecule has 0 fully saturated rings. The maximum absolute atomic E-state index is 6.44. The lowest BCUT2D eigenvalue weighted by Crippen LogP contribution is -2.33. The second kappa shape index (κ2) is 6.55. The number of benzene rings is 2. The Morgan fingerprint density at radius 3 is 2.63 bits per heavy atom. The number of ether oxygens (including phenoxy) is 1. The molecule has 0 radical (unpaired) electrons. The van der Waals surface area contributed by atoms with E-state index in [4.69, 9.17) is 33.0 Å². The minimum Gasteiger partial charge on any atom is -0.464 e. The van der Waals surface area contributed by atoms with Crippen molar-refractivity contribution in [2.24, 2.45) is 5.10 Å². The molecular formula is C21H15Cl2N3O. The van der Waals surface area contributed by atoms with Gasteiger partial charge in [-0.2, -0.15) is 5.10 Å². The highest BCUT2D eigenvalue weighted by molar-refractivity contribution is 6.37. The lowest BCUT2D eigenvalue weighted by Gasteiger charge is -2.38. The van der Waals surface area contributed by atoms with E-state index in [2.05, 4.69) is 11.1 Å². The first kappa shape index (κ1) is 16.6. The van der Waals surface area contributed by atoms with E-state index in [0.717, 1.165) is 34.6 Å². The number of hydrogen-bond donors (Lipinski definition) is 0. The van der Waals surface area contributed by atoms with Crippen molar-refractivity contribution in [2.45, 2.75) is 18.7 Å². The van der Waals surface area contributed by atoms with Crippen molar-refractivity contribution in [3.63, 3.8) is 0 Å². The molecule has 0 unspecified atom stereocenters. The fourth-order valence-electron chi connectivity index (χ4n) is 3.67. The Morgan fingerprint density at radius 2 is 1.81 bits per heavy atom. The lowest BCUT2D eigenvalue weighted by molar-refractivity contribution is -0.0190. The average Bonchev–Trinajstić information content (AvgIpc) is 3.13. The molecule has 2 aromatic carbocycles. The number of hydrazone groups is 1. The van der Waals surface area contributed by atoms with E-state index in [9.17, 15) is 0 Å². The Kier molecular flexibility index (Phi) is 4.03. The number of rotatable bonds is 2. The topological polar surface area (TPSA) is 37.7 Å². The van der Waals surface area contributed by atoms with Crippen LogP contribution in [-0.4, -0.2) is 15.7 Å². The second-order valence-corrected chi connectivity index (χ2v) is 7.40. The van der Waals surface area contributed by atoms with Gasteiger partial charge >= 0.3 is 0 Å². The number of pyridine rings is 1. The molecule has 27 heavy (non-hydrogen) atoms. The van der Waals surface area contributed by atoms with Gasteiger partial charge in [-0.1, -0.05) is 47.5 Å². The Bertz CT molecular complexity index is 1040. The van der Waals surface area contributed by atoms with Crippen molar-refractivity contribution in [2.75, 3.05) is 0 Å². The van der Waals surface area contributed by atoms with Crippen LogP contribution in [0.2, 0.25) is 10.0 Å². The quantitative estimate of drug-likeness (QED) is 0.563. The molecular weight excluding hydrogens is 381 g/mol. The SMILES string of the molecule is Clc1ccc(C2=NN3[C@H](C2)c2ccccc2O[C@@H]3c2ccncc2)c(Cl)c1. The van der Waals surface area contributed by atoms with E-state index in [0.29, 0.717) is 10.0 Å². The van der Waals surface area contributed by atoms with Crippen molar-refractivity contribution < 1.29 is 4.74 Å². The third kappa shape index (κ3) is 2.85. The predicted molar refractivity (Wildman–Crippen MR) is 106 cm³/mol. The molecule has 0 saturated carbocycles. The first-order valence-electron chi connectivity index (χ1n) is 8.67. The Morgan fingerprint density at radius 1 is 1.00 bits per heavy atom. The predicted octanol–water partition coefficient (Wildman–Crippen LogP) is 5.63. The molecule has 2 atom stereocenters. The van der Waals surface area contributed by atoms with Gasteiger partial charge in [0.1, 0.15) is 5.75 Å². The third-order valence-corrected chi connectivity index (χ3v) is 5.48. The minimum atomic E-state index is -0.309. The van der Waals surface area contributed by atoms with E-state index in [1.807, 2.05) is 47.5 Å². The number of nitrogens with zero attached hydrogens (tertiary/aromatic N) is 3. The molecule has 2 aliphatic heterocycles. The van der Waals surface area contributed by atoms with Crippen molar-refractivity contribution in [1.29, 1.82) is 0 Å². The van der Waals surface area contributed by atoms with Crippen LogP contribution in [0.1, 0.15) is 35.4 Å². The maximum atomic E-state index is 6.44. The molecule has 0 amide bonds. The van der Waals surface area contributed by atoms with E-state index in [1.54, 1.807) is 18.5 Å². The van der Waals surface area contributed by atoms with E-state index < -0.39 is 0 Å². The van der Waals surface area contributed by atoms with Crippen molar-refractivity contribution >= 4 is 28.9 Å². The van der Waals surface area contributed by atoms with E-state index in [1.165, 1.54) is 0 Å². The largest absolute Gasteiger partial charge is 0.464 e. The molecule has 3 heterocycles. The lowest BCUT2D eigenvalue weighted by atomic mass is 9.96. The summed E-state index contributed by atoms with van der Waals surface area (Å²) in [5.74, 6) is 0.888. The second-order valence-electron chi connectivity index (χ2n) is 6.56. The molecule has 5 rings (SSSR count). The standard InChI is InChI=1S/C21H15Cl2N3O/c22-14-5-6-15(17(23)11-14)18-12-19-16-3-1-2-4-20(16)27-21(26(19)25-18)13-7-9-24-10-8-13/h1-11,19,21H,12H2/t19-,21-/m1/s1. The van der Waals surface area contributed by atoms with Crippen LogP contribution in [0.3, 0.4) is 0 Å². The van der Waals surface area contributed by atoms with Gasteiger partial charge in [0.2, 0.25) is 6.23 Å². The van der Waals surface area contributed by atoms with Crippen LogP contribution in [0.4, 0.5) is 0 Å². The van der Waals surface area contributed by atoms with Crippen LogP contribution in [0, 0.1) is 0 Å². The van der Waals surface area contributed by atoms with Crippen molar-refractivity contribution in [3.8, 4) is 5.75 Å². The van der Waals surface area contributed by atoms with Crippen molar-refractivity contribution in [3.05, 3.63) is 93.7 Å². The zero-order valence-corrected chi connectivity index (χ0v) is 15.7.